The topological polar surface area (TPSA) is 96.3 Å². The quantitative estimate of drug-likeness (QED) is 0.634. The van der Waals surface area contributed by atoms with Crippen LogP contribution < -0.4 is 16.3 Å². The third kappa shape index (κ3) is 1.85. The third-order valence-corrected chi connectivity index (χ3v) is 3.07. The maximum Gasteiger partial charge on any atom is 0.364 e. The number of rotatable bonds is 3. The lowest BCUT2D eigenvalue weighted by Crippen LogP contribution is -2.34. The molecule has 3 heterocycles. The van der Waals surface area contributed by atoms with Crippen LogP contribution >= 0.6 is 0 Å². The molecule has 1 aliphatic rings. The predicted molar refractivity (Wildman–Crippen MR) is 64.7 cm³/mol. The Labute approximate surface area is 102 Å². The Morgan fingerprint density at radius 3 is 3.22 bits per heavy atom. The minimum Gasteiger partial charge on any atom is -0.378 e. The molecular formula is C10H14N6O2. The number of anilines is 1. The molecule has 96 valence electrons. The van der Waals surface area contributed by atoms with Crippen molar-refractivity contribution in [2.45, 2.75) is 12.1 Å². The molecule has 2 aromatic heterocycles. The molecule has 8 nitrogen and oxygen atoms in total. The monoisotopic (exact) mass is 250 g/mol. The van der Waals surface area contributed by atoms with Crippen LogP contribution in [0.3, 0.4) is 0 Å². The van der Waals surface area contributed by atoms with E-state index in [4.69, 9.17) is 4.74 Å². The minimum absolute atomic E-state index is 0.101. The Hall–Kier alpha value is -1.93. The maximum atomic E-state index is 11.4. The van der Waals surface area contributed by atoms with Gasteiger partial charge in [-0.15, -0.1) is 5.10 Å². The highest BCUT2D eigenvalue weighted by Gasteiger charge is 2.26. The SMILES string of the molecule is CO[C@H]1CNCC1Nc1ccc2n[nH]c(=O)n2n1. The zero-order valence-corrected chi connectivity index (χ0v) is 9.88. The molecule has 3 rings (SSSR count). The number of aromatic nitrogens is 4. The summed E-state index contributed by atoms with van der Waals surface area (Å²) in [5.74, 6) is 0.627. The second-order valence-corrected chi connectivity index (χ2v) is 4.20. The number of fused-ring (bicyclic) bond motifs is 1. The van der Waals surface area contributed by atoms with Crippen molar-refractivity contribution >= 4 is 11.5 Å². The van der Waals surface area contributed by atoms with Gasteiger partial charge in [0, 0.05) is 20.2 Å². The Morgan fingerprint density at radius 1 is 1.50 bits per heavy atom. The maximum absolute atomic E-state index is 11.4. The van der Waals surface area contributed by atoms with E-state index in [0.29, 0.717) is 11.5 Å². The van der Waals surface area contributed by atoms with E-state index in [9.17, 15) is 4.79 Å². The van der Waals surface area contributed by atoms with Crippen LogP contribution in [0.2, 0.25) is 0 Å². The van der Waals surface area contributed by atoms with E-state index in [2.05, 4.69) is 25.9 Å². The fraction of sp³-hybridized carbons (Fsp3) is 0.500. The molecule has 3 N–H and O–H groups in total. The van der Waals surface area contributed by atoms with Gasteiger partial charge in [0.25, 0.3) is 0 Å². The van der Waals surface area contributed by atoms with Gasteiger partial charge < -0.3 is 15.4 Å². The van der Waals surface area contributed by atoms with Gasteiger partial charge in [-0.05, 0) is 12.1 Å². The smallest absolute Gasteiger partial charge is 0.364 e. The molecule has 0 aliphatic carbocycles. The summed E-state index contributed by atoms with van der Waals surface area (Å²) in [4.78, 5) is 11.4. The van der Waals surface area contributed by atoms with Gasteiger partial charge in [-0.1, -0.05) is 0 Å². The lowest BCUT2D eigenvalue weighted by atomic mass is 10.2. The van der Waals surface area contributed by atoms with Crippen LogP contribution in [0, 0.1) is 0 Å². The number of nitrogens with one attached hydrogen (secondary N) is 3. The molecule has 8 heteroatoms. The molecule has 2 atom stereocenters. The summed E-state index contributed by atoms with van der Waals surface area (Å²) in [5.41, 5.74) is 0.153. The number of hydrogen-bond donors (Lipinski definition) is 3. The first-order valence-corrected chi connectivity index (χ1v) is 5.72. The van der Waals surface area contributed by atoms with Gasteiger partial charge in [-0.25, -0.2) is 9.89 Å². The number of methoxy groups -OCH3 is 1. The molecule has 0 aromatic carbocycles. The van der Waals surface area contributed by atoms with Crippen LogP contribution in [0.1, 0.15) is 0 Å². The zero-order valence-electron chi connectivity index (χ0n) is 9.88. The number of H-pyrrole nitrogens is 1. The molecule has 1 fully saturated rings. The molecule has 1 saturated heterocycles. The summed E-state index contributed by atoms with van der Waals surface area (Å²) in [7, 11) is 1.68. The summed E-state index contributed by atoms with van der Waals surface area (Å²) in [6.07, 6.45) is 0.101. The van der Waals surface area contributed by atoms with E-state index in [-0.39, 0.29) is 17.8 Å². The van der Waals surface area contributed by atoms with Crippen LogP contribution in [-0.2, 0) is 4.74 Å². The van der Waals surface area contributed by atoms with Crippen LogP contribution in [-0.4, -0.2) is 52.2 Å². The van der Waals surface area contributed by atoms with Crippen molar-refractivity contribution < 1.29 is 4.74 Å². The summed E-state index contributed by atoms with van der Waals surface area (Å²) in [6, 6.07) is 3.67. The van der Waals surface area contributed by atoms with Crippen molar-refractivity contribution in [3.05, 3.63) is 22.6 Å². The summed E-state index contributed by atoms with van der Waals surface area (Å²) < 4.78 is 6.58. The third-order valence-electron chi connectivity index (χ3n) is 3.07. The molecule has 0 spiro atoms. The van der Waals surface area contributed by atoms with Gasteiger partial charge in [0.2, 0.25) is 0 Å². The van der Waals surface area contributed by atoms with E-state index in [0.717, 1.165) is 13.1 Å². The highest BCUT2D eigenvalue weighted by molar-refractivity contribution is 5.43. The summed E-state index contributed by atoms with van der Waals surface area (Å²) in [6.45, 7) is 1.61. The van der Waals surface area contributed by atoms with E-state index >= 15 is 0 Å². The normalized spacial score (nSPS) is 23.6. The molecule has 1 aliphatic heterocycles. The van der Waals surface area contributed by atoms with Crippen LogP contribution in [0.4, 0.5) is 5.82 Å². The highest BCUT2D eigenvalue weighted by atomic mass is 16.5. The van der Waals surface area contributed by atoms with Gasteiger partial charge in [0.05, 0.1) is 12.1 Å². The molecule has 0 saturated carbocycles. The van der Waals surface area contributed by atoms with E-state index < -0.39 is 0 Å². The first-order chi connectivity index (χ1) is 8.78. The molecule has 0 bridgehead atoms. The van der Waals surface area contributed by atoms with Gasteiger partial charge in [0.15, 0.2) is 5.65 Å². The van der Waals surface area contributed by atoms with Crippen LogP contribution in [0.25, 0.3) is 5.65 Å². The number of ether oxygens (including phenoxy) is 1. The number of aromatic amines is 1. The molecule has 18 heavy (non-hydrogen) atoms. The summed E-state index contributed by atoms with van der Waals surface area (Å²) in [5, 5.41) is 16.8. The second-order valence-electron chi connectivity index (χ2n) is 4.20. The van der Waals surface area contributed by atoms with E-state index in [1.165, 1.54) is 4.52 Å². The van der Waals surface area contributed by atoms with E-state index in [1.54, 1.807) is 19.2 Å². The Kier molecular flexibility index (Phi) is 2.73. The van der Waals surface area contributed by atoms with Gasteiger partial charge in [-0.3, -0.25) is 0 Å². The Bertz CT molecular complexity index is 606. The zero-order chi connectivity index (χ0) is 12.5. The Balaban J connectivity index is 1.86. The first kappa shape index (κ1) is 11.2. The Morgan fingerprint density at radius 2 is 2.39 bits per heavy atom. The van der Waals surface area contributed by atoms with Crippen LogP contribution in [0.5, 0.6) is 0 Å². The fourth-order valence-electron chi connectivity index (χ4n) is 2.12. The van der Waals surface area contributed by atoms with Crippen molar-refractivity contribution in [3.63, 3.8) is 0 Å². The average Bonchev–Trinajstić information content (AvgIpc) is 2.97. The van der Waals surface area contributed by atoms with Gasteiger partial charge >= 0.3 is 5.69 Å². The van der Waals surface area contributed by atoms with Gasteiger partial charge in [-0.2, -0.15) is 9.61 Å². The van der Waals surface area contributed by atoms with Gasteiger partial charge in [0.1, 0.15) is 5.82 Å². The van der Waals surface area contributed by atoms with Crippen molar-refractivity contribution in [1.29, 1.82) is 0 Å². The number of nitrogens with zero attached hydrogens (tertiary/aromatic N) is 3. The summed E-state index contributed by atoms with van der Waals surface area (Å²) >= 11 is 0. The molecule has 2 aromatic rings. The van der Waals surface area contributed by atoms with Crippen LogP contribution in [0.15, 0.2) is 16.9 Å². The second kappa shape index (κ2) is 4.39. The fourth-order valence-corrected chi connectivity index (χ4v) is 2.12. The predicted octanol–water partition coefficient (Wildman–Crippen LogP) is -1.18. The molecule has 0 radical (unpaired) electrons. The first-order valence-electron chi connectivity index (χ1n) is 5.72. The van der Waals surface area contributed by atoms with Crippen molar-refractivity contribution in [1.82, 2.24) is 25.1 Å². The van der Waals surface area contributed by atoms with Crippen molar-refractivity contribution in [3.8, 4) is 0 Å². The number of hydrogen-bond acceptors (Lipinski definition) is 6. The standard InChI is InChI=1S/C10H14N6O2/c1-18-7-5-11-4-6(7)12-8-2-3-9-13-14-10(17)16(9)15-8/h2-3,6-7,11H,4-5H2,1H3,(H,12,15)(H,14,17)/t6?,7-/m0/s1. The molecule has 0 amide bonds. The largest absolute Gasteiger partial charge is 0.378 e. The minimum atomic E-state index is -0.346. The lowest BCUT2D eigenvalue weighted by Gasteiger charge is -2.18. The molecule has 1 unspecified atom stereocenters. The highest BCUT2D eigenvalue weighted by Crippen LogP contribution is 2.11. The molecular weight excluding hydrogens is 236 g/mol. The lowest BCUT2D eigenvalue weighted by molar-refractivity contribution is 0.111. The van der Waals surface area contributed by atoms with E-state index in [1.807, 2.05) is 0 Å². The van der Waals surface area contributed by atoms with Crippen molar-refractivity contribution in [2.75, 3.05) is 25.5 Å². The van der Waals surface area contributed by atoms with Crippen molar-refractivity contribution in [2.24, 2.45) is 0 Å². The average molecular weight is 250 g/mol.